The van der Waals surface area contributed by atoms with Crippen molar-refractivity contribution in [2.24, 2.45) is 5.10 Å². The number of amides is 3. The first-order chi connectivity index (χ1) is 15.4. The number of urea groups is 1. The number of hydrogen-bond acceptors (Lipinski definition) is 4. The van der Waals surface area contributed by atoms with E-state index in [4.69, 9.17) is 16.3 Å². The first-order valence-electron chi connectivity index (χ1n) is 10.7. The van der Waals surface area contributed by atoms with Gasteiger partial charge in [-0.25, -0.2) is 9.80 Å². The van der Waals surface area contributed by atoms with Gasteiger partial charge in [-0.2, -0.15) is 5.10 Å². The van der Waals surface area contributed by atoms with Crippen LogP contribution < -0.4 is 5.32 Å². The Morgan fingerprint density at radius 1 is 1.22 bits per heavy atom. The van der Waals surface area contributed by atoms with Crippen LogP contribution in [0.3, 0.4) is 0 Å². The lowest BCUT2D eigenvalue weighted by atomic mass is 9.97. The molecule has 3 amide bonds. The lowest BCUT2D eigenvalue weighted by molar-refractivity contribution is -0.133. The molecule has 3 rings (SSSR count). The van der Waals surface area contributed by atoms with Crippen LogP contribution in [0.5, 0.6) is 0 Å². The van der Waals surface area contributed by atoms with Gasteiger partial charge >= 0.3 is 6.03 Å². The monoisotopic (exact) mass is 456 g/mol. The quantitative estimate of drug-likeness (QED) is 0.652. The fourth-order valence-corrected chi connectivity index (χ4v) is 3.84. The molecule has 1 aliphatic rings. The molecule has 8 heteroatoms. The minimum Gasteiger partial charge on any atom is -0.383 e. The molecular formula is C24H29ClN4O3. The number of carbonyl (C=O) groups is 2. The normalized spacial score (nSPS) is 15.4. The molecule has 32 heavy (non-hydrogen) atoms. The molecule has 1 unspecified atom stereocenters. The van der Waals surface area contributed by atoms with Crippen LogP contribution in [0.15, 0.2) is 53.6 Å². The second-order valence-electron chi connectivity index (χ2n) is 7.65. The van der Waals surface area contributed by atoms with E-state index in [1.54, 1.807) is 7.11 Å². The molecule has 0 spiro atoms. The largest absolute Gasteiger partial charge is 0.383 e. The predicted octanol–water partition coefficient (Wildman–Crippen LogP) is 4.00. The van der Waals surface area contributed by atoms with E-state index >= 15 is 0 Å². The van der Waals surface area contributed by atoms with Crippen LogP contribution in [-0.4, -0.2) is 60.9 Å². The molecule has 7 nitrogen and oxygen atoms in total. The molecule has 0 fully saturated rings. The number of hydrazone groups is 1. The maximum atomic E-state index is 13.4. The van der Waals surface area contributed by atoms with Crippen LogP contribution in [0.25, 0.3) is 0 Å². The lowest BCUT2D eigenvalue weighted by Gasteiger charge is -2.27. The van der Waals surface area contributed by atoms with Crippen LogP contribution in [0, 0.1) is 6.92 Å². The van der Waals surface area contributed by atoms with Crippen LogP contribution in [-0.2, 0) is 9.53 Å². The fourth-order valence-electron chi connectivity index (χ4n) is 3.60. The molecule has 170 valence electrons. The lowest BCUT2D eigenvalue weighted by Crippen LogP contribution is -2.47. The average Bonchev–Trinajstić information content (AvgIpc) is 3.22. The summed E-state index contributed by atoms with van der Waals surface area (Å²) >= 11 is 6.40. The number of ether oxygens (including phenoxy) is 1. The summed E-state index contributed by atoms with van der Waals surface area (Å²) in [5.41, 5.74) is 3.67. The van der Waals surface area contributed by atoms with Crippen molar-refractivity contribution in [1.82, 2.24) is 15.2 Å². The number of nitrogens with one attached hydrogen (secondary N) is 1. The summed E-state index contributed by atoms with van der Waals surface area (Å²) in [6.07, 6.45) is 0.539. The molecule has 1 N–H and O–H groups in total. The Morgan fingerprint density at radius 3 is 2.59 bits per heavy atom. The standard InChI is InChI=1S/C24H29ClN4O3/c1-4-26-24(31)28(13-14-32-3)16-23(30)29-22(18-11-9-17(2)10-12-18)15-21(27-29)19-7-5-6-8-20(19)25/h5-12,22H,4,13-16H2,1-3H3,(H,26,31). The first kappa shape index (κ1) is 23.8. The summed E-state index contributed by atoms with van der Waals surface area (Å²) in [6, 6.07) is 15.0. The predicted molar refractivity (Wildman–Crippen MR) is 126 cm³/mol. The van der Waals surface area contributed by atoms with Crippen molar-refractivity contribution in [2.75, 3.05) is 33.4 Å². The van der Waals surface area contributed by atoms with Crippen molar-refractivity contribution in [2.45, 2.75) is 26.3 Å². The molecule has 1 heterocycles. The highest BCUT2D eigenvalue weighted by Crippen LogP contribution is 2.34. The van der Waals surface area contributed by atoms with Crippen LogP contribution in [0.1, 0.15) is 36.1 Å². The van der Waals surface area contributed by atoms with Crippen molar-refractivity contribution in [3.05, 3.63) is 70.2 Å². The third-order valence-corrected chi connectivity index (χ3v) is 5.65. The topological polar surface area (TPSA) is 74.2 Å². The zero-order valence-electron chi connectivity index (χ0n) is 18.7. The van der Waals surface area contributed by atoms with Gasteiger partial charge in [-0.1, -0.05) is 59.6 Å². The number of halogens is 1. The number of benzene rings is 2. The Morgan fingerprint density at radius 2 is 1.94 bits per heavy atom. The van der Waals surface area contributed by atoms with Crippen LogP contribution in [0.2, 0.25) is 5.02 Å². The zero-order valence-corrected chi connectivity index (χ0v) is 19.4. The molecule has 0 radical (unpaired) electrons. The number of aryl methyl sites for hydroxylation is 1. The maximum Gasteiger partial charge on any atom is 0.317 e. The van der Waals surface area contributed by atoms with Gasteiger partial charge in [0.2, 0.25) is 0 Å². The van der Waals surface area contributed by atoms with E-state index in [0.717, 1.165) is 22.4 Å². The summed E-state index contributed by atoms with van der Waals surface area (Å²) < 4.78 is 5.11. The van der Waals surface area contributed by atoms with Gasteiger partial charge in [0.25, 0.3) is 5.91 Å². The molecule has 1 atom stereocenters. The maximum absolute atomic E-state index is 13.4. The van der Waals surface area contributed by atoms with Gasteiger partial charge in [-0.05, 0) is 25.5 Å². The van der Waals surface area contributed by atoms with Crippen molar-refractivity contribution in [3.63, 3.8) is 0 Å². The van der Waals surface area contributed by atoms with Gasteiger partial charge in [0.05, 0.1) is 18.4 Å². The van der Waals surface area contributed by atoms with Crippen molar-refractivity contribution >= 4 is 29.3 Å². The van der Waals surface area contributed by atoms with Crippen molar-refractivity contribution in [3.8, 4) is 0 Å². The van der Waals surface area contributed by atoms with E-state index < -0.39 is 0 Å². The number of rotatable bonds is 8. The van der Waals surface area contributed by atoms with Crippen LogP contribution in [0.4, 0.5) is 4.79 Å². The second kappa shape index (κ2) is 11.1. The van der Waals surface area contributed by atoms with E-state index in [1.165, 1.54) is 9.91 Å². The summed E-state index contributed by atoms with van der Waals surface area (Å²) in [5, 5.41) is 9.49. The van der Waals surface area contributed by atoms with Gasteiger partial charge in [0.1, 0.15) is 6.54 Å². The Hall–Kier alpha value is -2.90. The molecule has 0 saturated carbocycles. The van der Waals surface area contributed by atoms with E-state index in [0.29, 0.717) is 31.1 Å². The summed E-state index contributed by atoms with van der Waals surface area (Å²) in [7, 11) is 1.56. The molecule has 0 saturated heterocycles. The highest BCUT2D eigenvalue weighted by atomic mass is 35.5. The van der Waals surface area contributed by atoms with E-state index in [-0.39, 0.29) is 24.5 Å². The number of nitrogens with zero attached hydrogens (tertiary/aromatic N) is 3. The zero-order chi connectivity index (χ0) is 23.1. The number of carbonyl (C=O) groups excluding carboxylic acids is 2. The SMILES string of the molecule is CCNC(=O)N(CCOC)CC(=O)N1N=C(c2ccccc2Cl)CC1c1ccc(C)cc1. The van der Waals surface area contributed by atoms with E-state index in [1.807, 2.05) is 62.4 Å². The van der Waals surface area contributed by atoms with Crippen LogP contribution >= 0.6 is 11.6 Å². The number of hydrogen-bond donors (Lipinski definition) is 1. The Kier molecular flexibility index (Phi) is 8.25. The van der Waals surface area contributed by atoms with E-state index in [9.17, 15) is 9.59 Å². The number of methoxy groups -OCH3 is 1. The summed E-state index contributed by atoms with van der Waals surface area (Å²) in [6.45, 7) is 4.87. The Bertz CT molecular complexity index is 977. The summed E-state index contributed by atoms with van der Waals surface area (Å²) in [4.78, 5) is 27.3. The Labute approximate surface area is 194 Å². The molecule has 2 aromatic rings. The highest BCUT2D eigenvalue weighted by molar-refractivity contribution is 6.34. The van der Waals surface area contributed by atoms with E-state index in [2.05, 4.69) is 10.4 Å². The smallest absolute Gasteiger partial charge is 0.317 e. The van der Waals surface area contributed by atoms with Crippen molar-refractivity contribution < 1.29 is 14.3 Å². The second-order valence-corrected chi connectivity index (χ2v) is 8.05. The molecule has 0 aromatic heterocycles. The average molecular weight is 457 g/mol. The minimum atomic E-state index is -0.306. The third-order valence-electron chi connectivity index (χ3n) is 5.32. The Balaban J connectivity index is 1.90. The summed E-state index contributed by atoms with van der Waals surface area (Å²) in [5.74, 6) is -0.264. The first-order valence-corrected chi connectivity index (χ1v) is 11.0. The molecule has 2 aromatic carbocycles. The molecule has 0 bridgehead atoms. The third kappa shape index (κ3) is 5.66. The van der Waals surface area contributed by atoms with Gasteiger partial charge in [-0.3, -0.25) is 4.79 Å². The fraction of sp³-hybridized carbons (Fsp3) is 0.375. The molecule has 0 aliphatic carbocycles. The minimum absolute atomic E-state index is 0.100. The molecule has 1 aliphatic heterocycles. The highest BCUT2D eigenvalue weighted by Gasteiger charge is 2.34. The van der Waals surface area contributed by atoms with Gasteiger partial charge < -0.3 is 15.0 Å². The van der Waals surface area contributed by atoms with Gasteiger partial charge in [0.15, 0.2) is 0 Å². The van der Waals surface area contributed by atoms with Crippen molar-refractivity contribution in [1.29, 1.82) is 0 Å². The van der Waals surface area contributed by atoms with Gasteiger partial charge in [-0.15, -0.1) is 0 Å². The van der Waals surface area contributed by atoms with Gasteiger partial charge in [0, 0.05) is 37.2 Å². The molecular weight excluding hydrogens is 428 g/mol.